The van der Waals surface area contributed by atoms with Gasteiger partial charge in [0.15, 0.2) is 5.76 Å². The lowest BCUT2D eigenvalue weighted by Gasteiger charge is -2.28. The van der Waals surface area contributed by atoms with Crippen LogP contribution < -0.4 is 10.2 Å². The summed E-state index contributed by atoms with van der Waals surface area (Å²) in [7, 11) is 0. The molecule has 1 aromatic carbocycles. The summed E-state index contributed by atoms with van der Waals surface area (Å²) < 4.78 is 12.9. The average Bonchev–Trinajstić information content (AvgIpc) is 3.50. The Morgan fingerprint density at radius 1 is 1.09 bits per heavy atom. The van der Waals surface area contributed by atoms with Gasteiger partial charge in [0.1, 0.15) is 17.3 Å². The quantitative estimate of drug-likeness (QED) is 0.490. The number of hydrogen-bond acceptors (Lipinski definition) is 6. The Bertz CT molecular complexity index is 1240. The van der Waals surface area contributed by atoms with Crippen LogP contribution in [-0.2, 0) is 11.3 Å². The topological polar surface area (TPSA) is 85.4 Å². The van der Waals surface area contributed by atoms with E-state index in [1.807, 2.05) is 61.5 Å². The van der Waals surface area contributed by atoms with Gasteiger partial charge in [0.25, 0.3) is 5.91 Å². The fourth-order valence-corrected chi connectivity index (χ4v) is 3.81. The predicted molar refractivity (Wildman–Crippen MR) is 124 cm³/mol. The summed E-state index contributed by atoms with van der Waals surface area (Å²) in [6.07, 6.45) is 3.51. The van der Waals surface area contributed by atoms with Crippen LogP contribution in [0.25, 0.3) is 17.1 Å². The summed E-state index contributed by atoms with van der Waals surface area (Å²) in [5.74, 6) is 2.00. The molecule has 168 valence electrons. The van der Waals surface area contributed by atoms with E-state index in [9.17, 15) is 4.79 Å². The van der Waals surface area contributed by atoms with E-state index in [1.54, 1.807) is 17.1 Å². The number of furan rings is 1. The third-order valence-electron chi connectivity index (χ3n) is 5.55. The molecule has 1 amide bonds. The number of morpholine rings is 1. The number of amides is 1. The lowest BCUT2D eigenvalue weighted by Crippen LogP contribution is -2.36. The zero-order valence-corrected chi connectivity index (χ0v) is 18.4. The van der Waals surface area contributed by atoms with Crippen LogP contribution in [0.15, 0.2) is 71.4 Å². The van der Waals surface area contributed by atoms with Crippen LogP contribution in [0, 0.1) is 6.92 Å². The SMILES string of the molecule is Cc1ccc(-c2nn(-c3ccccc3)cc2C(=O)NCc2ccnc(N3CCOCC3)c2)o1. The molecule has 8 heteroatoms. The third-order valence-corrected chi connectivity index (χ3v) is 5.55. The minimum absolute atomic E-state index is 0.217. The molecule has 0 bridgehead atoms. The van der Waals surface area contributed by atoms with E-state index in [1.165, 1.54) is 0 Å². The normalized spacial score (nSPS) is 13.8. The number of ether oxygens (including phenoxy) is 1. The van der Waals surface area contributed by atoms with Gasteiger partial charge in [0.05, 0.1) is 24.5 Å². The largest absolute Gasteiger partial charge is 0.460 e. The van der Waals surface area contributed by atoms with E-state index in [4.69, 9.17) is 9.15 Å². The molecule has 3 aromatic heterocycles. The predicted octanol–water partition coefficient (Wildman–Crippen LogP) is 3.60. The molecule has 0 radical (unpaired) electrons. The van der Waals surface area contributed by atoms with Gasteiger partial charge in [-0.1, -0.05) is 18.2 Å². The van der Waals surface area contributed by atoms with E-state index in [-0.39, 0.29) is 5.91 Å². The number of aromatic nitrogens is 3. The smallest absolute Gasteiger partial charge is 0.255 e. The standard InChI is InChI=1S/C25H25N5O3/c1-18-7-8-22(33-18)24-21(17-30(28-24)20-5-3-2-4-6-20)25(31)27-16-19-9-10-26-23(15-19)29-11-13-32-14-12-29/h2-10,15,17H,11-14,16H2,1H3,(H,27,31). The van der Waals surface area contributed by atoms with E-state index in [0.29, 0.717) is 36.8 Å². The molecule has 1 fully saturated rings. The first-order valence-corrected chi connectivity index (χ1v) is 10.9. The lowest BCUT2D eigenvalue weighted by molar-refractivity contribution is 0.0951. The summed E-state index contributed by atoms with van der Waals surface area (Å²) in [6.45, 7) is 5.27. The number of hydrogen-bond donors (Lipinski definition) is 1. The minimum Gasteiger partial charge on any atom is -0.460 e. The number of benzene rings is 1. The van der Waals surface area contributed by atoms with Gasteiger partial charge < -0.3 is 19.4 Å². The fraction of sp³-hybridized carbons (Fsp3) is 0.240. The summed E-state index contributed by atoms with van der Waals surface area (Å²) in [5.41, 5.74) is 2.81. The number of para-hydroxylation sites is 1. The highest BCUT2D eigenvalue weighted by Gasteiger charge is 2.21. The van der Waals surface area contributed by atoms with Gasteiger partial charge in [0, 0.05) is 32.0 Å². The van der Waals surface area contributed by atoms with Gasteiger partial charge in [-0.05, 0) is 48.9 Å². The van der Waals surface area contributed by atoms with Crippen LogP contribution >= 0.6 is 0 Å². The lowest BCUT2D eigenvalue weighted by atomic mass is 10.2. The van der Waals surface area contributed by atoms with Gasteiger partial charge in [0.2, 0.25) is 0 Å². The van der Waals surface area contributed by atoms with Crippen LogP contribution in [0.3, 0.4) is 0 Å². The number of pyridine rings is 1. The maximum atomic E-state index is 13.2. The van der Waals surface area contributed by atoms with Crippen molar-refractivity contribution >= 4 is 11.7 Å². The number of nitrogens with zero attached hydrogens (tertiary/aromatic N) is 4. The van der Waals surface area contributed by atoms with E-state index < -0.39 is 0 Å². The Hall–Kier alpha value is -3.91. The van der Waals surface area contributed by atoms with Crippen LogP contribution in [0.2, 0.25) is 0 Å². The number of carbonyl (C=O) groups is 1. The van der Waals surface area contributed by atoms with Crippen molar-refractivity contribution in [3.8, 4) is 17.1 Å². The second-order valence-electron chi connectivity index (χ2n) is 7.89. The Balaban J connectivity index is 1.37. The van der Waals surface area contributed by atoms with Crippen molar-refractivity contribution in [3.63, 3.8) is 0 Å². The highest BCUT2D eigenvalue weighted by atomic mass is 16.5. The zero-order chi connectivity index (χ0) is 22.6. The summed E-state index contributed by atoms with van der Waals surface area (Å²) in [4.78, 5) is 19.9. The van der Waals surface area contributed by atoms with E-state index in [0.717, 1.165) is 35.9 Å². The molecule has 8 nitrogen and oxygen atoms in total. The monoisotopic (exact) mass is 443 g/mol. The summed E-state index contributed by atoms with van der Waals surface area (Å²) in [5, 5.41) is 7.67. The minimum atomic E-state index is -0.217. The molecule has 5 rings (SSSR count). The van der Waals surface area contributed by atoms with Crippen molar-refractivity contribution < 1.29 is 13.9 Å². The second-order valence-corrected chi connectivity index (χ2v) is 7.89. The molecular formula is C25H25N5O3. The molecular weight excluding hydrogens is 418 g/mol. The highest BCUT2D eigenvalue weighted by molar-refractivity contribution is 5.99. The van der Waals surface area contributed by atoms with Gasteiger partial charge in [-0.25, -0.2) is 9.67 Å². The van der Waals surface area contributed by atoms with Crippen molar-refractivity contribution in [2.45, 2.75) is 13.5 Å². The average molecular weight is 444 g/mol. The number of aryl methyl sites for hydroxylation is 1. The first-order chi connectivity index (χ1) is 16.2. The molecule has 4 heterocycles. The maximum absolute atomic E-state index is 13.2. The molecule has 0 saturated carbocycles. The van der Waals surface area contributed by atoms with Crippen LogP contribution in [0.4, 0.5) is 5.82 Å². The van der Waals surface area contributed by atoms with E-state index >= 15 is 0 Å². The molecule has 33 heavy (non-hydrogen) atoms. The molecule has 1 saturated heterocycles. The van der Waals surface area contributed by atoms with Crippen molar-refractivity contribution in [3.05, 3.63) is 83.9 Å². The zero-order valence-electron chi connectivity index (χ0n) is 18.4. The number of rotatable bonds is 6. The van der Waals surface area contributed by atoms with Gasteiger partial charge in [-0.2, -0.15) is 5.10 Å². The van der Waals surface area contributed by atoms with E-state index in [2.05, 4.69) is 20.3 Å². The molecule has 0 atom stereocenters. The Morgan fingerprint density at radius 2 is 1.91 bits per heavy atom. The number of carbonyl (C=O) groups excluding carboxylic acids is 1. The van der Waals surface area contributed by atoms with Crippen LogP contribution in [-0.4, -0.2) is 47.0 Å². The third kappa shape index (κ3) is 4.65. The van der Waals surface area contributed by atoms with Gasteiger partial charge in [-0.3, -0.25) is 4.79 Å². The molecule has 4 aromatic rings. The molecule has 0 unspecified atom stereocenters. The van der Waals surface area contributed by atoms with Gasteiger partial charge >= 0.3 is 0 Å². The Labute approximate surface area is 191 Å². The summed E-state index contributed by atoms with van der Waals surface area (Å²) in [6, 6.07) is 17.3. The molecule has 1 aliphatic rings. The molecule has 0 aliphatic carbocycles. The molecule has 0 spiro atoms. The fourth-order valence-electron chi connectivity index (χ4n) is 3.81. The summed E-state index contributed by atoms with van der Waals surface area (Å²) >= 11 is 0. The maximum Gasteiger partial charge on any atom is 0.255 e. The number of anilines is 1. The van der Waals surface area contributed by atoms with Crippen molar-refractivity contribution in [1.29, 1.82) is 0 Å². The Kier molecular flexibility index (Phi) is 5.91. The van der Waals surface area contributed by atoms with Gasteiger partial charge in [-0.15, -0.1) is 0 Å². The highest BCUT2D eigenvalue weighted by Crippen LogP contribution is 2.26. The second kappa shape index (κ2) is 9.30. The van der Waals surface area contributed by atoms with Crippen molar-refractivity contribution in [2.75, 3.05) is 31.2 Å². The Morgan fingerprint density at radius 3 is 2.67 bits per heavy atom. The van der Waals surface area contributed by atoms with Crippen LogP contribution in [0.5, 0.6) is 0 Å². The first kappa shape index (κ1) is 21.0. The van der Waals surface area contributed by atoms with Crippen molar-refractivity contribution in [1.82, 2.24) is 20.1 Å². The number of nitrogens with one attached hydrogen (secondary N) is 1. The molecule has 1 N–H and O–H groups in total. The van der Waals surface area contributed by atoms with Crippen LogP contribution in [0.1, 0.15) is 21.7 Å². The first-order valence-electron chi connectivity index (χ1n) is 10.9. The molecule has 1 aliphatic heterocycles. The van der Waals surface area contributed by atoms with Crippen molar-refractivity contribution in [2.24, 2.45) is 0 Å².